The minimum absolute atomic E-state index is 0.157. The van der Waals surface area contributed by atoms with Gasteiger partial charge in [0.2, 0.25) is 0 Å². The van der Waals surface area contributed by atoms with E-state index in [0.717, 1.165) is 5.57 Å². The summed E-state index contributed by atoms with van der Waals surface area (Å²) in [4.78, 5) is 21.5. The second kappa shape index (κ2) is 5.35. The average Bonchev–Trinajstić information content (AvgIpc) is 1.98. The van der Waals surface area contributed by atoms with E-state index in [9.17, 15) is 9.59 Å². The first kappa shape index (κ1) is 11.7. The third-order valence-corrected chi connectivity index (χ3v) is 1.14. The summed E-state index contributed by atoms with van der Waals surface area (Å²) in [6.07, 6.45) is -0.850. The number of ether oxygens (including phenoxy) is 2. The Morgan fingerprint density at radius 3 is 2.31 bits per heavy atom. The molecule has 0 amide bonds. The third kappa shape index (κ3) is 5.90. The Hall–Kier alpha value is -1.32. The molecular weight excluding hydrogens is 172 g/mol. The molecule has 0 aliphatic carbocycles. The van der Waals surface area contributed by atoms with Crippen LogP contribution in [0.15, 0.2) is 12.2 Å². The molecule has 0 saturated heterocycles. The molecule has 0 heterocycles. The first-order valence-electron chi connectivity index (χ1n) is 3.91. The zero-order valence-corrected chi connectivity index (χ0v) is 8.12. The van der Waals surface area contributed by atoms with E-state index in [0.29, 0.717) is 0 Å². The molecule has 4 heteroatoms. The Balaban J connectivity index is 3.82. The van der Waals surface area contributed by atoms with Crippen molar-refractivity contribution >= 4 is 11.9 Å². The number of esters is 2. The normalized spacial score (nSPS) is 11.6. The van der Waals surface area contributed by atoms with Gasteiger partial charge in [0.05, 0.1) is 0 Å². The van der Waals surface area contributed by atoms with Crippen molar-refractivity contribution in [2.75, 3.05) is 6.61 Å². The fraction of sp³-hybridized carbons (Fsp3) is 0.556. The Labute approximate surface area is 77.5 Å². The molecule has 0 saturated carbocycles. The topological polar surface area (TPSA) is 52.6 Å². The van der Waals surface area contributed by atoms with Gasteiger partial charge in [-0.05, 0) is 19.4 Å². The van der Waals surface area contributed by atoms with E-state index in [1.54, 1.807) is 6.92 Å². The van der Waals surface area contributed by atoms with Crippen LogP contribution in [0, 0.1) is 0 Å². The molecule has 1 unspecified atom stereocenters. The van der Waals surface area contributed by atoms with Crippen molar-refractivity contribution in [2.45, 2.75) is 26.9 Å². The molecule has 74 valence electrons. The minimum atomic E-state index is -0.850. The first-order chi connectivity index (χ1) is 5.93. The molecule has 0 aliphatic heterocycles. The highest BCUT2D eigenvalue weighted by atomic mass is 16.6. The van der Waals surface area contributed by atoms with E-state index >= 15 is 0 Å². The zero-order chi connectivity index (χ0) is 10.4. The van der Waals surface area contributed by atoms with Gasteiger partial charge in [-0.1, -0.05) is 6.58 Å². The molecule has 0 fully saturated rings. The van der Waals surface area contributed by atoms with Gasteiger partial charge >= 0.3 is 11.9 Å². The number of hydrogen-bond acceptors (Lipinski definition) is 4. The molecule has 0 N–H and O–H groups in total. The van der Waals surface area contributed by atoms with Crippen LogP contribution in [0.4, 0.5) is 0 Å². The SMILES string of the molecule is C=C(C)COC(=O)C(C)OC(C)=O. The van der Waals surface area contributed by atoms with Crippen molar-refractivity contribution in [3.63, 3.8) is 0 Å². The number of hydrogen-bond donors (Lipinski definition) is 0. The maximum atomic E-state index is 11.0. The lowest BCUT2D eigenvalue weighted by Gasteiger charge is -2.10. The van der Waals surface area contributed by atoms with Gasteiger partial charge in [-0.2, -0.15) is 0 Å². The number of rotatable bonds is 4. The highest BCUT2D eigenvalue weighted by Crippen LogP contribution is 1.97. The van der Waals surface area contributed by atoms with E-state index < -0.39 is 18.0 Å². The van der Waals surface area contributed by atoms with E-state index in [1.807, 2.05) is 0 Å². The fourth-order valence-corrected chi connectivity index (χ4v) is 0.609. The Morgan fingerprint density at radius 1 is 1.38 bits per heavy atom. The van der Waals surface area contributed by atoms with Crippen molar-refractivity contribution in [1.82, 2.24) is 0 Å². The van der Waals surface area contributed by atoms with Crippen LogP contribution in [0.1, 0.15) is 20.8 Å². The van der Waals surface area contributed by atoms with Crippen molar-refractivity contribution < 1.29 is 19.1 Å². The lowest BCUT2D eigenvalue weighted by atomic mass is 10.4. The summed E-state index contributed by atoms with van der Waals surface area (Å²) in [7, 11) is 0. The quantitative estimate of drug-likeness (QED) is 0.486. The van der Waals surface area contributed by atoms with Crippen LogP contribution >= 0.6 is 0 Å². The zero-order valence-electron chi connectivity index (χ0n) is 8.12. The molecule has 0 aromatic carbocycles. The van der Waals surface area contributed by atoms with Crippen LogP contribution in [0.25, 0.3) is 0 Å². The van der Waals surface area contributed by atoms with Crippen LogP contribution in [-0.2, 0) is 19.1 Å². The molecule has 4 nitrogen and oxygen atoms in total. The smallest absolute Gasteiger partial charge is 0.347 e. The molecule has 0 radical (unpaired) electrons. The largest absolute Gasteiger partial charge is 0.458 e. The highest BCUT2D eigenvalue weighted by molar-refractivity contribution is 5.78. The second-order valence-corrected chi connectivity index (χ2v) is 2.82. The van der Waals surface area contributed by atoms with Crippen molar-refractivity contribution in [3.8, 4) is 0 Å². The summed E-state index contributed by atoms with van der Waals surface area (Å²) in [5, 5.41) is 0. The molecule has 0 aliphatic rings. The molecule has 13 heavy (non-hydrogen) atoms. The van der Waals surface area contributed by atoms with Gasteiger partial charge < -0.3 is 9.47 Å². The molecule has 0 spiro atoms. The molecular formula is C9H14O4. The van der Waals surface area contributed by atoms with Gasteiger partial charge in [0.25, 0.3) is 0 Å². The Bertz CT molecular complexity index is 220. The lowest BCUT2D eigenvalue weighted by Crippen LogP contribution is -2.25. The van der Waals surface area contributed by atoms with Gasteiger partial charge in [0, 0.05) is 6.92 Å². The average molecular weight is 186 g/mol. The van der Waals surface area contributed by atoms with Crippen molar-refractivity contribution in [3.05, 3.63) is 12.2 Å². The maximum absolute atomic E-state index is 11.0. The van der Waals surface area contributed by atoms with Crippen molar-refractivity contribution in [2.24, 2.45) is 0 Å². The van der Waals surface area contributed by atoms with Gasteiger partial charge in [-0.25, -0.2) is 4.79 Å². The first-order valence-corrected chi connectivity index (χ1v) is 3.91. The lowest BCUT2D eigenvalue weighted by molar-refractivity contribution is -0.164. The van der Waals surface area contributed by atoms with Gasteiger partial charge in [0.1, 0.15) is 6.61 Å². The molecule has 1 atom stereocenters. The van der Waals surface area contributed by atoms with Crippen molar-refractivity contribution in [1.29, 1.82) is 0 Å². The number of carbonyl (C=O) groups is 2. The van der Waals surface area contributed by atoms with Gasteiger partial charge in [-0.3, -0.25) is 4.79 Å². The van der Waals surface area contributed by atoms with Crippen LogP contribution in [0.3, 0.4) is 0 Å². The minimum Gasteiger partial charge on any atom is -0.458 e. The Kier molecular flexibility index (Phi) is 4.80. The maximum Gasteiger partial charge on any atom is 0.347 e. The van der Waals surface area contributed by atoms with E-state index in [4.69, 9.17) is 4.74 Å². The van der Waals surface area contributed by atoms with E-state index in [2.05, 4.69) is 11.3 Å². The van der Waals surface area contributed by atoms with Crippen LogP contribution in [-0.4, -0.2) is 24.6 Å². The predicted molar refractivity (Wildman–Crippen MR) is 47.0 cm³/mol. The monoisotopic (exact) mass is 186 g/mol. The predicted octanol–water partition coefficient (Wildman–Crippen LogP) is 1.06. The number of carbonyl (C=O) groups excluding carboxylic acids is 2. The summed E-state index contributed by atoms with van der Waals surface area (Å²) < 4.78 is 9.35. The standard InChI is InChI=1S/C9H14O4/c1-6(2)5-12-9(11)7(3)13-8(4)10/h7H,1,5H2,2-4H3. The fourth-order valence-electron chi connectivity index (χ4n) is 0.609. The summed E-state index contributed by atoms with van der Waals surface area (Å²) in [6, 6.07) is 0. The Morgan fingerprint density at radius 2 is 1.92 bits per heavy atom. The van der Waals surface area contributed by atoms with E-state index in [1.165, 1.54) is 13.8 Å². The third-order valence-electron chi connectivity index (χ3n) is 1.14. The molecule has 0 aromatic heterocycles. The van der Waals surface area contributed by atoms with Crippen LogP contribution in [0.5, 0.6) is 0 Å². The summed E-state index contributed by atoms with van der Waals surface area (Å²) in [5.74, 6) is -1.06. The molecule has 0 rings (SSSR count). The highest BCUT2D eigenvalue weighted by Gasteiger charge is 2.16. The molecule has 0 aromatic rings. The van der Waals surface area contributed by atoms with Gasteiger partial charge in [0.15, 0.2) is 6.10 Å². The second-order valence-electron chi connectivity index (χ2n) is 2.82. The van der Waals surface area contributed by atoms with Crippen LogP contribution in [0.2, 0.25) is 0 Å². The summed E-state index contributed by atoms with van der Waals surface area (Å²) in [5.41, 5.74) is 0.739. The summed E-state index contributed by atoms with van der Waals surface area (Å²) >= 11 is 0. The molecule has 0 bridgehead atoms. The van der Waals surface area contributed by atoms with E-state index in [-0.39, 0.29) is 6.61 Å². The van der Waals surface area contributed by atoms with Crippen LogP contribution < -0.4 is 0 Å². The summed E-state index contributed by atoms with van der Waals surface area (Å²) in [6.45, 7) is 8.16. The van der Waals surface area contributed by atoms with Gasteiger partial charge in [-0.15, -0.1) is 0 Å².